The number of hydrogen-bond acceptors (Lipinski definition) is 2. The second-order valence-corrected chi connectivity index (χ2v) is 4.69. The van der Waals surface area contributed by atoms with Crippen LogP contribution in [0.3, 0.4) is 0 Å². The van der Waals surface area contributed by atoms with Crippen LogP contribution in [-0.2, 0) is 6.54 Å². The molecule has 1 atom stereocenters. The number of aliphatic hydroxyl groups is 1. The van der Waals surface area contributed by atoms with Gasteiger partial charge in [-0.2, -0.15) is 0 Å². The van der Waals surface area contributed by atoms with Gasteiger partial charge in [-0.05, 0) is 11.5 Å². The van der Waals surface area contributed by atoms with Crippen molar-refractivity contribution in [1.29, 1.82) is 0 Å². The summed E-state index contributed by atoms with van der Waals surface area (Å²) in [6, 6.07) is 10.2. The zero-order valence-corrected chi connectivity index (χ0v) is 11.4. The molecule has 18 heavy (non-hydrogen) atoms. The van der Waals surface area contributed by atoms with E-state index >= 15 is 0 Å². The normalized spacial score (nSPS) is 13.2. The number of nitrogens with one attached hydrogen (secondary N) is 1. The molecule has 0 bridgehead atoms. The van der Waals surface area contributed by atoms with E-state index in [0.29, 0.717) is 6.54 Å². The molecule has 0 aliphatic rings. The van der Waals surface area contributed by atoms with Crippen LogP contribution in [0.4, 0.5) is 0 Å². The van der Waals surface area contributed by atoms with Crippen molar-refractivity contribution in [1.82, 2.24) is 10.2 Å². The largest absolute Gasteiger partial charge is 0.396 e. The van der Waals surface area contributed by atoms with Crippen LogP contribution in [0.2, 0.25) is 0 Å². The van der Waals surface area contributed by atoms with Crippen LogP contribution in [-0.4, -0.2) is 43.2 Å². The highest BCUT2D eigenvalue weighted by Gasteiger charge is 2.04. The van der Waals surface area contributed by atoms with Crippen molar-refractivity contribution in [2.24, 2.45) is 10.9 Å². The SMILES string of the molecule is CC(CO)CNC(=NCc1ccccc1)N(C)C. The minimum Gasteiger partial charge on any atom is -0.396 e. The molecule has 0 heterocycles. The first-order chi connectivity index (χ1) is 8.63. The lowest BCUT2D eigenvalue weighted by Crippen LogP contribution is -2.39. The third kappa shape index (κ3) is 5.19. The molecule has 0 saturated heterocycles. The molecule has 0 aliphatic carbocycles. The summed E-state index contributed by atoms with van der Waals surface area (Å²) in [5, 5.41) is 12.3. The molecule has 1 aromatic rings. The van der Waals surface area contributed by atoms with Gasteiger partial charge in [0, 0.05) is 27.2 Å². The molecule has 0 radical (unpaired) electrons. The third-order valence-electron chi connectivity index (χ3n) is 2.60. The maximum absolute atomic E-state index is 9.00. The summed E-state index contributed by atoms with van der Waals surface area (Å²) < 4.78 is 0. The predicted molar refractivity (Wildman–Crippen MR) is 75.5 cm³/mol. The van der Waals surface area contributed by atoms with E-state index in [9.17, 15) is 0 Å². The van der Waals surface area contributed by atoms with Crippen molar-refractivity contribution in [3.05, 3.63) is 35.9 Å². The second-order valence-electron chi connectivity index (χ2n) is 4.69. The number of rotatable bonds is 5. The smallest absolute Gasteiger partial charge is 0.193 e. The Bertz CT molecular complexity index is 363. The van der Waals surface area contributed by atoms with Crippen LogP contribution in [0.25, 0.3) is 0 Å². The Hall–Kier alpha value is -1.55. The van der Waals surface area contributed by atoms with E-state index in [1.165, 1.54) is 5.56 Å². The van der Waals surface area contributed by atoms with Gasteiger partial charge in [0.25, 0.3) is 0 Å². The van der Waals surface area contributed by atoms with E-state index in [1.807, 2.05) is 44.1 Å². The van der Waals surface area contributed by atoms with E-state index < -0.39 is 0 Å². The lowest BCUT2D eigenvalue weighted by atomic mass is 10.2. The summed E-state index contributed by atoms with van der Waals surface area (Å²) in [6.07, 6.45) is 0. The number of hydrogen-bond donors (Lipinski definition) is 2. The fourth-order valence-electron chi connectivity index (χ4n) is 1.44. The molecule has 4 heteroatoms. The van der Waals surface area contributed by atoms with Gasteiger partial charge < -0.3 is 15.3 Å². The van der Waals surface area contributed by atoms with Gasteiger partial charge in [-0.15, -0.1) is 0 Å². The molecule has 4 nitrogen and oxygen atoms in total. The summed E-state index contributed by atoms with van der Waals surface area (Å²) in [6.45, 7) is 3.57. The highest BCUT2D eigenvalue weighted by atomic mass is 16.3. The second kappa shape index (κ2) is 7.71. The molecule has 0 saturated carbocycles. The maximum atomic E-state index is 9.00. The van der Waals surface area contributed by atoms with Gasteiger partial charge in [0.2, 0.25) is 0 Å². The molecule has 0 aromatic heterocycles. The van der Waals surface area contributed by atoms with Gasteiger partial charge in [-0.25, -0.2) is 4.99 Å². The molecule has 0 aliphatic heterocycles. The molecule has 100 valence electrons. The number of guanidine groups is 1. The first-order valence-corrected chi connectivity index (χ1v) is 6.24. The summed E-state index contributed by atoms with van der Waals surface area (Å²) in [7, 11) is 3.92. The van der Waals surface area contributed by atoms with Gasteiger partial charge in [0.05, 0.1) is 6.54 Å². The van der Waals surface area contributed by atoms with Gasteiger partial charge >= 0.3 is 0 Å². The van der Waals surface area contributed by atoms with Crippen molar-refractivity contribution in [2.75, 3.05) is 27.2 Å². The summed E-state index contributed by atoms with van der Waals surface area (Å²) >= 11 is 0. The monoisotopic (exact) mass is 249 g/mol. The Labute approximate surface area is 109 Å². The van der Waals surface area contributed by atoms with Gasteiger partial charge in [-0.1, -0.05) is 37.3 Å². The van der Waals surface area contributed by atoms with Crippen molar-refractivity contribution in [3.8, 4) is 0 Å². The molecular weight excluding hydrogens is 226 g/mol. The van der Waals surface area contributed by atoms with Crippen LogP contribution in [0, 0.1) is 5.92 Å². The van der Waals surface area contributed by atoms with Crippen LogP contribution >= 0.6 is 0 Å². The predicted octanol–water partition coefficient (Wildman–Crippen LogP) is 1.32. The van der Waals surface area contributed by atoms with Crippen molar-refractivity contribution < 1.29 is 5.11 Å². The van der Waals surface area contributed by atoms with E-state index in [0.717, 1.165) is 12.5 Å². The van der Waals surface area contributed by atoms with Crippen molar-refractivity contribution in [2.45, 2.75) is 13.5 Å². The quantitative estimate of drug-likeness (QED) is 0.611. The highest BCUT2D eigenvalue weighted by molar-refractivity contribution is 5.79. The van der Waals surface area contributed by atoms with E-state index in [-0.39, 0.29) is 12.5 Å². The summed E-state index contributed by atoms with van der Waals surface area (Å²) in [5.41, 5.74) is 1.19. The number of aliphatic hydroxyl groups excluding tert-OH is 1. The molecule has 2 N–H and O–H groups in total. The van der Waals surface area contributed by atoms with E-state index in [2.05, 4.69) is 22.4 Å². The van der Waals surface area contributed by atoms with Gasteiger partial charge in [0.15, 0.2) is 5.96 Å². The number of nitrogens with zero attached hydrogens (tertiary/aromatic N) is 2. The Morgan fingerprint density at radius 3 is 2.56 bits per heavy atom. The fourth-order valence-corrected chi connectivity index (χ4v) is 1.44. The Kier molecular flexibility index (Phi) is 6.22. The highest BCUT2D eigenvalue weighted by Crippen LogP contribution is 2.00. The lowest BCUT2D eigenvalue weighted by Gasteiger charge is -2.19. The summed E-state index contributed by atoms with van der Waals surface area (Å²) in [5.74, 6) is 1.08. The minimum absolute atomic E-state index is 0.187. The zero-order valence-electron chi connectivity index (χ0n) is 11.4. The maximum Gasteiger partial charge on any atom is 0.193 e. The average molecular weight is 249 g/mol. The number of benzene rings is 1. The van der Waals surface area contributed by atoms with E-state index in [1.54, 1.807) is 0 Å². The minimum atomic E-state index is 0.187. The molecule has 0 fully saturated rings. The standard InChI is InChI=1S/C14H23N3O/c1-12(11-18)9-15-14(17(2)3)16-10-13-7-5-4-6-8-13/h4-8,12,18H,9-11H2,1-3H3,(H,15,16). The van der Waals surface area contributed by atoms with Crippen molar-refractivity contribution >= 4 is 5.96 Å². The lowest BCUT2D eigenvalue weighted by molar-refractivity contribution is 0.237. The van der Waals surface area contributed by atoms with E-state index in [4.69, 9.17) is 5.11 Å². The van der Waals surface area contributed by atoms with Crippen LogP contribution in [0.1, 0.15) is 12.5 Å². The number of aliphatic imine (C=N–C) groups is 1. The Morgan fingerprint density at radius 1 is 1.33 bits per heavy atom. The zero-order chi connectivity index (χ0) is 13.4. The topological polar surface area (TPSA) is 47.9 Å². The Balaban J connectivity index is 2.56. The average Bonchev–Trinajstić information content (AvgIpc) is 2.39. The van der Waals surface area contributed by atoms with Crippen LogP contribution < -0.4 is 5.32 Å². The van der Waals surface area contributed by atoms with Crippen molar-refractivity contribution in [3.63, 3.8) is 0 Å². The molecule has 1 unspecified atom stereocenters. The summed E-state index contributed by atoms with van der Waals surface area (Å²) in [4.78, 5) is 6.50. The fraction of sp³-hybridized carbons (Fsp3) is 0.500. The third-order valence-corrected chi connectivity index (χ3v) is 2.60. The molecule has 1 rings (SSSR count). The molecule has 0 spiro atoms. The van der Waals surface area contributed by atoms with Crippen LogP contribution in [0.15, 0.2) is 35.3 Å². The Morgan fingerprint density at radius 2 is 2.00 bits per heavy atom. The first-order valence-electron chi connectivity index (χ1n) is 6.24. The molecule has 0 amide bonds. The first kappa shape index (κ1) is 14.5. The molecular formula is C14H23N3O. The van der Waals surface area contributed by atoms with Crippen LogP contribution in [0.5, 0.6) is 0 Å². The molecule has 1 aromatic carbocycles. The van der Waals surface area contributed by atoms with Gasteiger partial charge in [-0.3, -0.25) is 0 Å². The van der Waals surface area contributed by atoms with Gasteiger partial charge in [0.1, 0.15) is 0 Å².